The van der Waals surface area contributed by atoms with E-state index in [0.29, 0.717) is 32.5 Å². The van der Waals surface area contributed by atoms with Gasteiger partial charge in [-0.25, -0.2) is 17.6 Å². The van der Waals surface area contributed by atoms with Gasteiger partial charge in [0.1, 0.15) is 10.7 Å². The Morgan fingerprint density at radius 2 is 1.75 bits per heavy atom. The van der Waals surface area contributed by atoms with Crippen molar-refractivity contribution in [3.63, 3.8) is 0 Å². The Balaban J connectivity index is 1.50. The van der Waals surface area contributed by atoms with Gasteiger partial charge in [-0.1, -0.05) is 24.6 Å². The van der Waals surface area contributed by atoms with E-state index in [-0.39, 0.29) is 11.5 Å². The van der Waals surface area contributed by atoms with Crippen LogP contribution in [0, 0.1) is 5.82 Å². The van der Waals surface area contributed by atoms with E-state index in [9.17, 15) is 22.4 Å². The summed E-state index contributed by atoms with van der Waals surface area (Å²) >= 11 is 0. The molecule has 1 atom stereocenters. The van der Waals surface area contributed by atoms with Crippen molar-refractivity contribution in [1.82, 2.24) is 4.31 Å². The molecule has 7 nitrogen and oxygen atoms in total. The van der Waals surface area contributed by atoms with E-state index in [0.717, 1.165) is 42.3 Å². The van der Waals surface area contributed by atoms with E-state index >= 15 is 0 Å². The molecular formula is C23H25FN2O5S. The number of ether oxygens (including phenoxy) is 1. The number of amides is 1. The lowest BCUT2D eigenvalue weighted by Gasteiger charge is -2.26. The summed E-state index contributed by atoms with van der Waals surface area (Å²) < 4.78 is 46.7. The molecule has 4 rings (SSSR count). The van der Waals surface area contributed by atoms with Crippen molar-refractivity contribution in [2.75, 3.05) is 24.5 Å². The van der Waals surface area contributed by atoms with Crippen LogP contribution in [0.5, 0.6) is 0 Å². The van der Waals surface area contributed by atoms with Crippen molar-refractivity contribution in [3.8, 4) is 0 Å². The van der Waals surface area contributed by atoms with Gasteiger partial charge in [-0.15, -0.1) is 0 Å². The standard InChI is InChI=1S/C23H25FN2O5S/c1-16(22(27)26-14-11-17-7-3-4-8-20(17)26)31-23(28)18-9-10-19(24)21(15-18)32(29,30)25-12-5-2-6-13-25/h3-4,7-10,15-16H,2,5-6,11-14H2,1H3/t16-/m1/s1. The number of para-hydroxylation sites is 1. The highest BCUT2D eigenvalue weighted by Crippen LogP contribution is 2.29. The van der Waals surface area contributed by atoms with Gasteiger partial charge < -0.3 is 9.64 Å². The predicted octanol–water partition coefficient (Wildman–Crippen LogP) is 3.13. The summed E-state index contributed by atoms with van der Waals surface area (Å²) in [4.78, 5) is 26.5. The molecule has 0 bridgehead atoms. The second-order valence-electron chi connectivity index (χ2n) is 8.03. The number of hydrogen-bond acceptors (Lipinski definition) is 5. The Morgan fingerprint density at radius 1 is 1.03 bits per heavy atom. The summed E-state index contributed by atoms with van der Waals surface area (Å²) in [5.41, 5.74) is 1.71. The number of halogens is 1. The molecule has 0 unspecified atom stereocenters. The molecule has 0 N–H and O–H groups in total. The number of nitrogens with zero attached hydrogens (tertiary/aromatic N) is 2. The van der Waals surface area contributed by atoms with Crippen LogP contribution in [0.1, 0.15) is 42.1 Å². The van der Waals surface area contributed by atoms with Crippen LogP contribution in [0.3, 0.4) is 0 Å². The molecule has 2 aromatic rings. The maximum Gasteiger partial charge on any atom is 0.338 e. The molecule has 0 spiro atoms. The fourth-order valence-electron chi connectivity index (χ4n) is 4.14. The first-order valence-corrected chi connectivity index (χ1v) is 12.1. The van der Waals surface area contributed by atoms with Crippen LogP contribution in [-0.2, 0) is 26.0 Å². The third-order valence-corrected chi connectivity index (χ3v) is 7.80. The molecule has 0 saturated carbocycles. The molecule has 170 valence electrons. The fraction of sp³-hybridized carbons (Fsp3) is 0.391. The lowest BCUT2D eigenvalue weighted by Crippen LogP contribution is -2.39. The van der Waals surface area contributed by atoms with Gasteiger partial charge >= 0.3 is 5.97 Å². The molecule has 0 aliphatic carbocycles. The number of carbonyl (C=O) groups excluding carboxylic acids is 2. The van der Waals surface area contributed by atoms with Crippen LogP contribution in [0.15, 0.2) is 47.4 Å². The van der Waals surface area contributed by atoms with E-state index in [4.69, 9.17) is 4.74 Å². The van der Waals surface area contributed by atoms with Crippen molar-refractivity contribution in [3.05, 3.63) is 59.4 Å². The summed E-state index contributed by atoms with van der Waals surface area (Å²) in [6, 6.07) is 10.6. The number of hydrogen-bond donors (Lipinski definition) is 0. The van der Waals surface area contributed by atoms with Crippen molar-refractivity contribution < 1.29 is 27.1 Å². The molecule has 2 heterocycles. The van der Waals surface area contributed by atoms with Crippen molar-refractivity contribution >= 4 is 27.6 Å². The van der Waals surface area contributed by atoms with Gasteiger partial charge in [0.05, 0.1) is 5.56 Å². The zero-order valence-electron chi connectivity index (χ0n) is 17.8. The van der Waals surface area contributed by atoms with Gasteiger partial charge in [-0.2, -0.15) is 4.31 Å². The predicted molar refractivity (Wildman–Crippen MR) is 116 cm³/mol. The molecule has 2 aliphatic heterocycles. The van der Waals surface area contributed by atoms with Gasteiger partial charge in [-0.05, 0) is 56.0 Å². The number of esters is 1. The monoisotopic (exact) mass is 460 g/mol. The minimum Gasteiger partial charge on any atom is -0.449 e. The largest absolute Gasteiger partial charge is 0.449 e. The second kappa shape index (κ2) is 8.99. The van der Waals surface area contributed by atoms with E-state index in [1.54, 1.807) is 4.90 Å². The normalized spacial score (nSPS) is 17.6. The zero-order valence-corrected chi connectivity index (χ0v) is 18.6. The Labute approximate surface area is 186 Å². The summed E-state index contributed by atoms with van der Waals surface area (Å²) in [6.07, 6.45) is 1.98. The van der Waals surface area contributed by atoms with E-state index in [1.807, 2.05) is 24.3 Å². The third kappa shape index (κ3) is 4.27. The highest BCUT2D eigenvalue weighted by atomic mass is 32.2. The molecule has 1 saturated heterocycles. The topological polar surface area (TPSA) is 84.0 Å². The van der Waals surface area contributed by atoms with Gasteiger partial charge in [0.2, 0.25) is 10.0 Å². The molecule has 9 heteroatoms. The van der Waals surface area contributed by atoms with Crippen LogP contribution in [0.2, 0.25) is 0 Å². The highest BCUT2D eigenvalue weighted by Gasteiger charge is 2.32. The number of carbonyl (C=O) groups is 2. The van der Waals surface area contributed by atoms with E-state index < -0.39 is 32.8 Å². The Bertz CT molecular complexity index is 1140. The van der Waals surface area contributed by atoms with Crippen LogP contribution < -0.4 is 4.90 Å². The quantitative estimate of drug-likeness (QED) is 0.640. The van der Waals surface area contributed by atoms with Crippen LogP contribution in [0.4, 0.5) is 10.1 Å². The van der Waals surface area contributed by atoms with Crippen molar-refractivity contribution in [1.29, 1.82) is 0 Å². The number of anilines is 1. The molecule has 1 amide bonds. The number of rotatable bonds is 5. The average Bonchev–Trinajstić information content (AvgIpc) is 3.23. The van der Waals surface area contributed by atoms with Gasteiger partial charge in [-0.3, -0.25) is 4.79 Å². The minimum absolute atomic E-state index is 0.122. The summed E-state index contributed by atoms with van der Waals surface area (Å²) in [6.45, 7) is 2.60. The molecule has 32 heavy (non-hydrogen) atoms. The maximum absolute atomic E-state index is 14.4. The van der Waals surface area contributed by atoms with Crippen LogP contribution in [-0.4, -0.2) is 50.3 Å². The first-order valence-electron chi connectivity index (χ1n) is 10.7. The molecular weight excluding hydrogens is 435 g/mol. The molecule has 0 aromatic heterocycles. The Morgan fingerprint density at radius 3 is 2.50 bits per heavy atom. The Hall–Kier alpha value is -2.78. The first-order chi connectivity index (χ1) is 15.3. The number of fused-ring (bicyclic) bond motifs is 1. The van der Waals surface area contributed by atoms with Gasteiger partial charge in [0.15, 0.2) is 6.10 Å². The SMILES string of the molecule is C[C@@H](OC(=O)c1ccc(F)c(S(=O)(=O)N2CCCCC2)c1)C(=O)N1CCc2ccccc21. The molecule has 0 radical (unpaired) electrons. The van der Waals surface area contributed by atoms with E-state index in [2.05, 4.69) is 0 Å². The summed E-state index contributed by atoms with van der Waals surface area (Å²) in [5.74, 6) is -2.18. The number of benzene rings is 2. The summed E-state index contributed by atoms with van der Waals surface area (Å²) in [7, 11) is -4.06. The molecule has 1 fully saturated rings. The van der Waals surface area contributed by atoms with Gasteiger partial charge in [0, 0.05) is 25.3 Å². The number of sulfonamides is 1. The lowest BCUT2D eigenvalue weighted by atomic mass is 10.2. The zero-order chi connectivity index (χ0) is 22.9. The van der Waals surface area contributed by atoms with E-state index in [1.165, 1.54) is 11.2 Å². The number of piperidine rings is 1. The van der Waals surface area contributed by atoms with Gasteiger partial charge in [0.25, 0.3) is 5.91 Å². The van der Waals surface area contributed by atoms with Crippen molar-refractivity contribution in [2.24, 2.45) is 0 Å². The fourth-order valence-corrected chi connectivity index (χ4v) is 5.75. The highest BCUT2D eigenvalue weighted by molar-refractivity contribution is 7.89. The third-order valence-electron chi connectivity index (χ3n) is 5.88. The first kappa shape index (κ1) is 22.4. The summed E-state index contributed by atoms with van der Waals surface area (Å²) in [5, 5.41) is 0. The molecule has 2 aromatic carbocycles. The average molecular weight is 461 g/mol. The smallest absolute Gasteiger partial charge is 0.338 e. The van der Waals surface area contributed by atoms with Crippen molar-refractivity contribution in [2.45, 2.75) is 43.6 Å². The van der Waals surface area contributed by atoms with Crippen LogP contribution >= 0.6 is 0 Å². The molecule has 2 aliphatic rings. The lowest BCUT2D eigenvalue weighted by molar-refractivity contribution is -0.126. The Kier molecular flexibility index (Phi) is 6.30. The second-order valence-corrected chi connectivity index (χ2v) is 9.93. The minimum atomic E-state index is -4.06. The maximum atomic E-state index is 14.4. The van der Waals surface area contributed by atoms with Crippen LogP contribution in [0.25, 0.3) is 0 Å².